The molecule has 0 amide bonds. The van der Waals surface area contributed by atoms with Crippen LogP contribution in [0.2, 0.25) is 5.02 Å². The van der Waals surface area contributed by atoms with Crippen molar-refractivity contribution in [1.82, 2.24) is 4.90 Å². The molecule has 1 heterocycles. The number of rotatable bonds is 4. The molecule has 1 aliphatic heterocycles. The van der Waals surface area contributed by atoms with Crippen LogP contribution in [0.25, 0.3) is 0 Å². The van der Waals surface area contributed by atoms with Crippen molar-refractivity contribution in [1.29, 1.82) is 0 Å². The van der Waals surface area contributed by atoms with E-state index in [2.05, 4.69) is 11.8 Å². The van der Waals surface area contributed by atoms with Crippen LogP contribution in [0.1, 0.15) is 31.4 Å². The van der Waals surface area contributed by atoms with E-state index in [4.69, 9.17) is 22.1 Å². The highest BCUT2D eigenvalue weighted by Gasteiger charge is 2.27. The van der Waals surface area contributed by atoms with E-state index in [0.29, 0.717) is 6.54 Å². The van der Waals surface area contributed by atoms with Gasteiger partial charge in [-0.1, -0.05) is 24.6 Å². The standard InChI is InChI=1S/C15H23ClN2O/c1-11-6-8-18(9-7-11)13(10-17)15-12(16)4-3-5-14(15)19-2/h3-5,11,13H,6-10,17H2,1-2H3. The van der Waals surface area contributed by atoms with E-state index >= 15 is 0 Å². The minimum Gasteiger partial charge on any atom is -0.496 e. The molecule has 0 radical (unpaired) electrons. The summed E-state index contributed by atoms with van der Waals surface area (Å²) in [5, 5.41) is 0.744. The van der Waals surface area contributed by atoms with E-state index in [9.17, 15) is 0 Å². The molecule has 1 atom stereocenters. The Kier molecular flexibility index (Phi) is 5.08. The maximum Gasteiger partial charge on any atom is 0.125 e. The monoisotopic (exact) mass is 282 g/mol. The summed E-state index contributed by atoms with van der Waals surface area (Å²) in [7, 11) is 1.68. The lowest BCUT2D eigenvalue weighted by molar-refractivity contribution is 0.139. The Morgan fingerprint density at radius 3 is 2.68 bits per heavy atom. The molecule has 2 N–H and O–H groups in total. The molecule has 1 unspecified atom stereocenters. The molecule has 0 aromatic heterocycles. The lowest BCUT2D eigenvalue weighted by atomic mass is 9.95. The van der Waals surface area contributed by atoms with Gasteiger partial charge in [-0.05, 0) is 44.0 Å². The SMILES string of the molecule is COc1cccc(Cl)c1C(CN)N1CCC(C)CC1. The molecule has 0 aliphatic carbocycles. The summed E-state index contributed by atoms with van der Waals surface area (Å²) < 4.78 is 5.45. The molecule has 1 fully saturated rings. The smallest absolute Gasteiger partial charge is 0.125 e. The Balaban J connectivity index is 2.26. The van der Waals surface area contributed by atoms with Crippen LogP contribution in [0.4, 0.5) is 0 Å². The zero-order valence-electron chi connectivity index (χ0n) is 11.7. The maximum atomic E-state index is 6.37. The van der Waals surface area contributed by atoms with Crippen LogP contribution in [0.5, 0.6) is 5.75 Å². The molecule has 1 aliphatic rings. The van der Waals surface area contributed by atoms with E-state index in [1.807, 2.05) is 18.2 Å². The van der Waals surface area contributed by atoms with Crippen LogP contribution >= 0.6 is 11.6 Å². The number of benzene rings is 1. The van der Waals surface area contributed by atoms with Crippen molar-refractivity contribution in [2.75, 3.05) is 26.7 Å². The van der Waals surface area contributed by atoms with Crippen LogP contribution in [0.3, 0.4) is 0 Å². The van der Waals surface area contributed by atoms with Crippen molar-refractivity contribution in [3.05, 3.63) is 28.8 Å². The normalized spacial score (nSPS) is 19.4. The quantitative estimate of drug-likeness (QED) is 0.922. The maximum absolute atomic E-state index is 6.37. The van der Waals surface area contributed by atoms with E-state index in [1.54, 1.807) is 7.11 Å². The number of likely N-dealkylation sites (tertiary alicyclic amines) is 1. The van der Waals surface area contributed by atoms with Crippen LogP contribution in [-0.4, -0.2) is 31.6 Å². The van der Waals surface area contributed by atoms with Gasteiger partial charge in [-0.15, -0.1) is 0 Å². The molecule has 2 rings (SSSR count). The van der Waals surface area contributed by atoms with Gasteiger partial charge in [0.15, 0.2) is 0 Å². The predicted molar refractivity (Wildman–Crippen MR) is 79.8 cm³/mol. The minimum atomic E-state index is 0.149. The number of nitrogens with two attached hydrogens (primary N) is 1. The molecule has 1 saturated heterocycles. The predicted octanol–water partition coefficient (Wildman–Crippen LogP) is 3.08. The molecule has 3 nitrogen and oxygen atoms in total. The van der Waals surface area contributed by atoms with E-state index in [-0.39, 0.29) is 6.04 Å². The lowest BCUT2D eigenvalue weighted by Crippen LogP contribution is -2.39. The molecule has 1 aromatic rings. The van der Waals surface area contributed by atoms with Crippen molar-refractivity contribution >= 4 is 11.6 Å². The van der Waals surface area contributed by atoms with Crippen molar-refractivity contribution < 1.29 is 4.74 Å². The van der Waals surface area contributed by atoms with Gasteiger partial charge in [0.25, 0.3) is 0 Å². The first-order chi connectivity index (χ1) is 9.17. The molecule has 106 valence electrons. The summed E-state index contributed by atoms with van der Waals surface area (Å²) in [5.74, 6) is 1.64. The average molecular weight is 283 g/mol. The molecular formula is C15H23ClN2O. The molecule has 0 bridgehead atoms. The summed E-state index contributed by atoms with van der Waals surface area (Å²) in [5.41, 5.74) is 7.04. The first-order valence-electron chi connectivity index (χ1n) is 6.94. The molecule has 0 spiro atoms. The van der Waals surface area contributed by atoms with Gasteiger partial charge >= 0.3 is 0 Å². The molecule has 1 aromatic carbocycles. The minimum absolute atomic E-state index is 0.149. The van der Waals surface area contributed by atoms with Crippen molar-refractivity contribution in [3.63, 3.8) is 0 Å². The van der Waals surface area contributed by atoms with E-state index in [1.165, 1.54) is 12.8 Å². The van der Waals surface area contributed by atoms with Gasteiger partial charge in [0.1, 0.15) is 5.75 Å². The van der Waals surface area contributed by atoms with E-state index in [0.717, 1.165) is 35.3 Å². The average Bonchev–Trinajstić information content (AvgIpc) is 2.43. The Labute approximate surface area is 120 Å². The largest absolute Gasteiger partial charge is 0.496 e. The van der Waals surface area contributed by atoms with Crippen LogP contribution < -0.4 is 10.5 Å². The van der Waals surface area contributed by atoms with Gasteiger partial charge in [-0.2, -0.15) is 0 Å². The number of methoxy groups -OCH3 is 1. The van der Waals surface area contributed by atoms with Gasteiger partial charge in [-0.25, -0.2) is 0 Å². The third kappa shape index (κ3) is 3.22. The third-order valence-corrected chi connectivity index (χ3v) is 4.38. The molecule has 0 saturated carbocycles. The zero-order chi connectivity index (χ0) is 13.8. The second-order valence-electron chi connectivity index (χ2n) is 5.33. The molecule has 19 heavy (non-hydrogen) atoms. The molecular weight excluding hydrogens is 260 g/mol. The second kappa shape index (κ2) is 6.60. The highest BCUT2D eigenvalue weighted by atomic mass is 35.5. The van der Waals surface area contributed by atoms with Crippen LogP contribution in [0, 0.1) is 5.92 Å². The topological polar surface area (TPSA) is 38.5 Å². The zero-order valence-corrected chi connectivity index (χ0v) is 12.5. The van der Waals surface area contributed by atoms with Gasteiger partial charge < -0.3 is 10.5 Å². The van der Waals surface area contributed by atoms with Crippen molar-refractivity contribution in [2.24, 2.45) is 11.7 Å². The third-order valence-electron chi connectivity index (χ3n) is 4.05. The highest BCUT2D eigenvalue weighted by molar-refractivity contribution is 6.31. The lowest BCUT2D eigenvalue weighted by Gasteiger charge is -2.37. The van der Waals surface area contributed by atoms with E-state index < -0.39 is 0 Å². The number of halogens is 1. The fraction of sp³-hybridized carbons (Fsp3) is 0.600. The van der Waals surface area contributed by atoms with Crippen LogP contribution in [-0.2, 0) is 0 Å². The number of nitrogens with zero attached hydrogens (tertiary/aromatic N) is 1. The first-order valence-corrected chi connectivity index (χ1v) is 7.31. The van der Waals surface area contributed by atoms with Gasteiger partial charge in [0, 0.05) is 17.1 Å². The fourth-order valence-electron chi connectivity index (χ4n) is 2.81. The highest BCUT2D eigenvalue weighted by Crippen LogP contribution is 2.36. The van der Waals surface area contributed by atoms with Gasteiger partial charge in [-0.3, -0.25) is 4.90 Å². The Hall–Kier alpha value is -0.770. The summed E-state index contributed by atoms with van der Waals surface area (Å²) in [6.45, 7) is 5.04. The summed E-state index contributed by atoms with van der Waals surface area (Å²) in [6, 6.07) is 5.93. The van der Waals surface area contributed by atoms with Crippen molar-refractivity contribution in [3.8, 4) is 5.75 Å². The van der Waals surface area contributed by atoms with Crippen molar-refractivity contribution in [2.45, 2.75) is 25.8 Å². The summed E-state index contributed by atoms with van der Waals surface area (Å²) in [6.07, 6.45) is 2.45. The summed E-state index contributed by atoms with van der Waals surface area (Å²) >= 11 is 6.37. The summed E-state index contributed by atoms with van der Waals surface area (Å²) in [4.78, 5) is 2.43. The second-order valence-corrected chi connectivity index (χ2v) is 5.73. The number of hydrogen-bond acceptors (Lipinski definition) is 3. The van der Waals surface area contributed by atoms with Gasteiger partial charge in [0.2, 0.25) is 0 Å². The Bertz CT molecular complexity index is 417. The number of piperidine rings is 1. The Morgan fingerprint density at radius 1 is 1.42 bits per heavy atom. The Morgan fingerprint density at radius 2 is 2.11 bits per heavy atom. The van der Waals surface area contributed by atoms with Gasteiger partial charge in [0.05, 0.1) is 13.2 Å². The number of ether oxygens (including phenoxy) is 1. The fourth-order valence-corrected chi connectivity index (χ4v) is 3.10. The van der Waals surface area contributed by atoms with Crippen LogP contribution in [0.15, 0.2) is 18.2 Å². The molecule has 4 heteroatoms. The number of hydrogen-bond donors (Lipinski definition) is 1. The first kappa shape index (κ1) is 14.6.